The molecule has 4 rings (SSSR count). The molecule has 1 aromatic carbocycles. The van der Waals surface area contributed by atoms with Gasteiger partial charge in [-0.3, -0.25) is 4.79 Å². The van der Waals surface area contributed by atoms with Crippen LogP contribution in [0.1, 0.15) is 57.9 Å². The Kier molecular flexibility index (Phi) is 5.73. The molecule has 2 atom stereocenters. The van der Waals surface area contributed by atoms with Crippen LogP contribution in [0.5, 0.6) is 0 Å². The molecule has 0 bridgehead atoms. The molecule has 0 amide bonds. The van der Waals surface area contributed by atoms with E-state index in [9.17, 15) is 18.4 Å². The Labute approximate surface area is 180 Å². The molecule has 0 aromatic heterocycles. The van der Waals surface area contributed by atoms with Crippen LogP contribution in [0, 0.1) is 17.0 Å². The number of allylic oxidation sites excluding steroid dienone is 3. The fraction of sp³-hybridized carbons (Fsp3) is 0.500. The van der Waals surface area contributed by atoms with E-state index in [1.54, 1.807) is 6.92 Å². The van der Waals surface area contributed by atoms with Gasteiger partial charge in [-0.15, -0.1) is 0 Å². The molecule has 0 unspecified atom stereocenters. The number of benzene rings is 1. The van der Waals surface area contributed by atoms with Gasteiger partial charge in [-0.1, -0.05) is 19.9 Å². The van der Waals surface area contributed by atoms with Gasteiger partial charge >= 0.3 is 5.97 Å². The number of rotatable bonds is 4. The Bertz CT molecular complexity index is 989. The van der Waals surface area contributed by atoms with Crippen molar-refractivity contribution < 1.29 is 27.8 Å². The minimum Gasteiger partial charge on any atom is -0.459 e. The van der Waals surface area contributed by atoms with Crippen molar-refractivity contribution in [2.45, 2.75) is 58.5 Å². The summed E-state index contributed by atoms with van der Waals surface area (Å²) in [5.41, 5.74) is 2.07. The van der Waals surface area contributed by atoms with E-state index in [1.165, 1.54) is 6.07 Å². The van der Waals surface area contributed by atoms with Crippen LogP contribution in [0.25, 0.3) is 0 Å². The van der Waals surface area contributed by atoms with E-state index in [1.807, 2.05) is 13.8 Å². The lowest BCUT2D eigenvalue weighted by atomic mass is 9.68. The highest BCUT2D eigenvalue weighted by atomic mass is 19.2. The maximum absolute atomic E-state index is 14.1. The van der Waals surface area contributed by atoms with Crippen molar-refractivity contribution in [2.75, 3.05) is 13.2 Å². The van der Waals surface area contributed by atoms with Gasteiger partial charge in [0.05, 0.1) is 11.7 Å². The molecule has 1 N–H and O–H groups in total. The molecule has 2 aliphatic heterocycles. The zero-order valence-electron chi connectivity index (χ0n) is 18.0. The molecule has 1 aliphatic carbocycles. The van der Waals surface area contributed by atoms with Crippen LogP contribution in [0.3, 0.4) is 0 Å². The third-order valence-corrected chi connectivity index (χ3v) is 6.16. The molecule has 5 nitrogen and oxygen atoms in total. The maximum atomic E-state index is 14.1. The summed E-state index contributed by atoms with van der Waals surface area (Å²) in [6.45, 7) is 6.52. The number of dihydropyridines is 1. The highest BCUT2D eigenvalue weighted by Gasteiger charge is 2.43. The summed E-state index contributed by atoms with van der Waals surface area (Å²) >= 11 is 0. The number of Topliss-reactive ketones (excluding diaryl/α,β-unsaturated/α-hetero) is 1. The van der Waals surface area contributed by atoms with Crippen molar-refractivity contribution in [3.8, 4) is 0 Å². The summed E-state index contributed by atoms with van der Waals surface area (Å²) in [5.74, 6) is -3.51. The molecule has 1 fully saturated rings. The smallest absolute Gasteiger partial charge is 0.336 e. The highest BCUT2D eigenvalue weighted by Crippen LogP contribution is 2.47. The van der Waals surface area contributed by atoms with E-state index in [2.05, 4.69) is 5.32 Å². The van der Waals surface area contributed by atoms with Crippen LogP contribution in [0.4, 0.5) is 8.78 Å². The number of hydrogen-bond donors (Lipinski definition) is 1. The normalized spacial score (nSPS) is 25.4. The topological polar surface area (TPSA) is 64.6 Å². The van der Waals surface area contributed by atoms with Gasteiger partial charge in [0.15, 0.2) is 17.4 Å². The molecule has 3 aliphatic rings. The summed E-state index contributed by atoms with van der Waals surface area (Å²) in [5, 5.41) is 3.23. The first-order chi connectivity index (χ1) is 14.7. The van der Waals surface area contributed by atoms with E-state index in [4.69, 9.17) is 9.47 Å². The number of ketones is 1. The third-order valence-electron chi connectivity index (χ3n) is 6.16. The molecular formula is C24H27F2NO4. The number of hydrogen-bond acceptors (Lipinski definition) is 5. The van der Waals surface area contributed by atoms with Crippen molar-refractivity contribution in [2.24, 2.45) is 5.41 Å². The summed E-state index contributed by atoms with van der Waals surface area (Å²) in [7, 11) is 0. The van der Waals surface area contributed by atoms with Crippen molar-refractivity contribution in [3.05, 3.63) is 57.9 Å². The van der Waals surface area contributed by atoms with Gasteiger partial charge in [0.25, 0.3) is 0 Å². The second kappa shape index (κ2) is 8.19. The lowest BCUT2D eigenvalue weighted by Gasteiger charge is -2.39. The minimum atomic E-state index is -1.02. The Hall–Kier alpha value is -2.54. The van der Waals surface area contributed by atoms with Crippen molar-refractivity contribution in [1.82, 2.24) is 5.32 Å². The SMILES string of the molecule is CC1=C(C(=O)OC[C@@H]2CCCO2)[C@@H](c2ccc(F)c(F)c2)C2=C(CC(C)(C)CC2=O)N1. The van der Waals surface area contributed by atoms with Gasteiger partial charge in [-0.25, -0.2) is 13.6 Å². The summed E-state index contributed by atoms with van der Waals surface area (Å²) in [6, 6.07) is 3.51. The minimum absolute atomic E-state index is 0.106. The number of halogens is 2. The van der Waals surface area contributed by atoms with Crippen LogP contribution in [0.2, 0.25) is 0 Å². The highest BCUT2D eigenvalue weighted by molar-refractivity contribution is 6.04. The summed E-state index contributed by atoms with van der Waals surface area (Å²) in [4.78, 5) is 26.3. The number of carbonyl (C=O) groups is 2. The van der Waals surface area contributed by atoms with Crippen molar-refractivity contribution in [3.63, 3.8) is 0 Å². The lowest BCUT2D eigenvalue weighted by molar-refractivity contribution is -0.142. The Morgan fingerprint density at radius 3 is 2.71 bits per heavy atom. The molecule has 0 saturated carbocycles. The summed E-state index contributed by atoms with van der Waals surface area (Å²) < 4.78 is 38.8. The molecule has 1 saturated heterocycles. The Morgan fingerprint density at radius 2 is 2.03 bits per heavy atom. The van der Waals surface area contributed by atoms with Gasteiger partial charge < -0.3 is 14.8 Å². The molecule has 0 spiro atoms. The van der Waals surface area contributed by atoms with Crippen LogP contribution in [0.15, 0.2) is 40.7 Å². The fourth-order valence-electron chi connectivity index (χ4n) is 4.75. The Balaban J connectivity index is 1.74. The second-order valence-electron chi connectivity index (χ2n) is 9.34. The second-order valence-corrected chi connectivity index (χ2v) is 9.34. The monoisotopic (exact) mass is 431 g/mol. The predicted octanol–water partition coefficient (Wildman–Crippen LogP) is 4.29. The molecule has 31 heavy (non-hydrogen) atoms. The van der Waals surface area contributed by atoms with Crippen LogP contribution < -0.4 is 5.32 Å². The van der Waals surface area contributed by atoms with Crippen LogP contribution in [-0.2, 0) is 19.1 Å². The third kappa shape index (κ3) is 4.28. The quantitative estimate of drug-likeness (QED) is 0.721. The fourth-order valence-corrected chi connectivity index (χ4v) is 4.75. The maximum Gasteiger partial charge on any atom is 0.336 e. The first-order valence-corrected chi connectivity index (χ1v) is 10.6. The molecule has 166 valence electrons. The van der Waals surface area contributed by atoms with Gasteiger partial charge in [0.1, 0.15) is 6.61 Å². The van der Waals surface area contributed by atoms with Gasteiger partial charge in [0.2, 0.25) is 0 Å². The summed E-state index contributed by atoms with van der Waals surface area (Å²) in [6.07, 6.45) is 2.52. The zero-order chi connectivity index (χ0) is 22.3. The van der Waals surface area contributed by atoms with E-state index >= 15 is 0 Å². The standard InChI is InChI=1S/C24H27F2NO4/c1-13-20(23(29)31-12-15-5-4-8-30-15)21(14-6-7-16(25)17(26)9-14)22-18(27-13)10-24(2,3)11-19(22)28/h6-7,9,15,21,27H,4-5,8,10-12H2,1-3H3/t15-,21+/m0/s1. The van der Waals surface area contributed by atoms with E-state index < -0.39 is 23.5 Å². The van der Waals surface area contributed by atoms with Crippen LogP contribution in [-0.4, -0.2) is 31.1 Å². The molecule has 0 radical (unpaired) electrons. The molecular weight excluding hydrogens is 404 g/mol. The number of carbonyl (C=O) groups excluding carboxylic acids is 2. The van der Waals surface area contributed by atoms with E-state index in [0.29, 0.717) is 36.3 Å². The number of esters is 1. The largest absolute Gasteiger partial charge is 0.459 e. The Morgan fingerprint density at radius 1 is 1.26 bits per heavy atom. The van der Waals surface area contributed by atoms with Crippen molar-refractivity contribution >= 4 is 11.8 Å². The molecule has 7 heteroatoms. The predicted molar refractivity (Wildman–Crippen MR) is 110 cm³/mol. The first-order valence-electron chi connectivity index (χ1n) is 10.6. The number of nitrogens with one attached hydrogen (secondary N) is 1. The average molecular weight is 431 g/mol. The molecule has 2 heterocycles. The van der Waals surface area contributed by atoms with E-state index in [0.717, 1.165) is 30.7 Å². The van der Waals surface area contributed by atoms with Gasteiger partial charge in [0, 0.05) is 35.9 Å². The molecule has 1 aromatic rings. The van der Waals surface area contributed by atoms with Crippen LogP contribution >= 0.6 is 0 Å². The first kappa shape index (κ1) is 21.7. The van der Waals surface area contributed by atoms with Gasteiger partial charge in [-0.05, 0) is 49.3 Å². The number of ether oxygens (including phenoxy) is 2. The van der Waals surface area contributed by atoms with Crippen molar-refractivity contribution in [1.29, 1.82) is 0 Å². The van der Waals surface area contributed by atoms with E-state index in [-0.39, 0.29) is 29.5 Å². The average Bonchev–Trinajstić information content (AvgIpc) is 3.20. The zero-order valence-corrected chi connectivity index (χ0v) is 18.0. The van der Waals surface area contributed by atoms with Gasteiger partial charge in [-0.2, -0.15) is 0 Å². The lowest BCUT2D eigenvalue weighted by Crippen LogP contribution is -2.39.